The molecule has 0 aromatic heterocycles. The second kappa shape index (κ2) is 13.4. The molecule has 0 saturated carbocycles. The predicted molar refractivity (Wildman–Crippen MR) is 130 cm³/mol. The van der Waals surface area contributed by atoms with Crippen molar-refractivity contribution in [2.24, 2.45) is 0 Å². The van der Waals surface area contributed by atoms with Gasteiger partial charge in [0.2, 0.25) is 0 Å². The van der Waals surface area contributed by atoms with Gasteiger partial charge in [0.15, 0.2) is 0 Å². The average Bonchev–Trinajstić information content (AvgIpc) is 2.82. The van der Waals surface area contributed by atoms with Crippen molar-refractivity contribution in [1.82, 2.24) is 0 Å². The van der Waals surface area contributed by atoms with Gasteiger partial charge in [0.1, 0.15) is 11.5 Å². The van der Waals surface area contributed by atoms with Crippen LogP contribution in [0.15, 0.2) is 78.9 Å². The summed E-state index contributed by atoms with van der Waals surface area (Å²) in [5.41, 5.74) is 3.58. The maximum atomic E-state index is 6.03. The Hall–Kier alpha value is -2.94. The molecule has 0 bridgehead atoms. The molecule has 3 heteroatoms. The van der Waals surface area contributed by atoms with Gasteiger partial charge in [0.05, 0.1) is 13.2 Å². The van der Waals surface area contributed by atoms with Crippen LogP contribution in [0.2, 0.25) is 0 Å². The van der Waals surface area contributed by atoms with Gasteiger partial charge < -0.3 is 14.8 Å². The predicted octanol–water partition coefficient (Wildman–Crippen LogP) is 7.27. The minimum absolute atomic E-state index is 0.715. The van der Waals surface area contributed by atoms with Crippen molar-refractivity contribution in [2.75, 3.05) is 18.5 Å². The van der Waals surface area contributed by atoms with Crippen LogP contribution in [0.1, 0.15) is 50.2 Å². The number of unbranched alkanes of at least 4 members (excludes halogenated alkanes) is 3. The van der Waals surface area contributed by atoms with E-state index in [2.05, 4.69) is 72.9 Å². The molecule has 0 radical (unpaired) electrons. The number of ether oxygens (including phenoxy) is 2. The summed E-state index contributed by atoms with van der Waals surface area (Å²) in [5.74, 6) is 1.87. The summed E-state index contributed by atoms with van der Waals surface area (Å²) >= 11 is 0. The molecular weight excluding hydrogens is 382 g/mol. The second-order valence-electron chi connectivity index (χ2n) is 7.84. The molecule has 164 valence electrons. The monoisotopic (exact) mass is 417 g/mol. The lowest BCUT2D eigenvalue weighted by atomic mass is 10.1. The zero-order chi connectivity index (χ0) is 21.6. The lowest BCUT2D eigenvalue weighted by molar-refractivity contribution is 0.302. The van der Waals surface area contributed by atoms with Crippen molar-refractivity contribution in [2.45, 2.75) is 52.0 Å². The zero-order valence-corrected chi connectivity index (χ0v) is 18.7. The number of anilines is 1. The van der Waals surface area contributed by atoms with Crippen molar-refractivity contribution in [1.29, 1.82) is 0 Å². The Labute approximate surface area is 187 Å². The van der Waals surface area contributed by atoms with Crippen molar-refractivity contribution >= 4 is 5.69 Å². The first kappa shape index (κ1) is 22.7. The summed E-state index contributed by atoms with van der Waals surface area (Å²) in [4.78, 5) is 0. The molecule has 0 aliphatic rings. The Kier molecular flexibility index (Phi) is 9.81. The van der Waals surface area contributed by atoms with E-state index in [1.165, 1.54) is 30.4 Å². The lowest BCUT2D eigenvalue weighted by Crippen LogP contribution is -2.05. The highest BCUT2D eigenvalue weighted by Gasteiger charge is 2.04. The molecule has 0 spiro atoms. The van der Waals surface area contributed by atoms with E-state index in [9.17, 15) is 0 Å². The molecule has 3 nitrogen and oxygen atoms in total. The van der Waals surface area contributed by atoms with Crippen LogP contribution in [0.4, 0.5) is 5.69 Å². The molecule has 0 saturated heterocycles. The van der Waals surface area contributed by atoms with E-state index in [4.69, 9.17) is 9.47 Å². The van der Waals surface area contributed by atoms with Gasteiger partial charge in [-0.15, -0.1) is 0 Å². The van der Waals surface area contributed by atoms with Crippen LogP contribution in [-0.2, 0) is 13.0 Å². The minimum Gasteiger partial charge on any atom is -0.494 e. The quantitative estimate of drug-likeness (QED) is 0.280. The Balaban J connectivity index is 1.44. The molecule has 0 amide bonds. The molecular formula is C28H35NO2. The van der Waals surface area contributed by atoms with Crippen LogP contribution < -0.4 is 14.8 Å². The topological polar surface area (TPSA) is 30.5 Å². The number of hydrogen-bond acceptors (Lipinski definition) is 3. The highest BCUT2D eigenvalue weighted by Crippen LogP contribution is 2.22. The van der Waals surface area contributed by atoms with Crippen molar-refractivity contribution in [3.05, 3.63) is 90.0 Å². The fraction of sp³-hybridized carbons (Fsp3) is 0.357. The number of benzene rings is 3. The first-order valence-electron chi connectivity index (χ1n) is 11.6. The summed E-state index contributed by atoms with van der Waals surface area (Å²) in [5, 5.41) is 3.51. The van der Waals surface area contributed by atoms with Crippen LogP contribution in [0.3, 0.4) is 0 Å². The third-order valence-corrected chi connectivity index (χ3v) is 5.27. The zero-order valence-electron chi connectivity index (χ0n) is 18.7. The van der Waals surface area contributed by atoms with Crippen molar-refractivity contribution < 1.29 is 9.47 Å². The number of rotatable bonds is 14. The van der Waals surface area contributed by atoms with Gasteiger partial charge in [-0.2, -0.15) is 0 Å². The third-order valence-electron chi connectivity index (χ3n) is 5.27. The Bertz CT molecular complexity index is 879. The van der Waals surface area contributed by atoms with Crippen molar-refractivity contribution in [3.8, 4) is 11.5 Å². The second-order valence-corrected chi connectivity index (χ2v) is 7.84. The largest absolute Gasteiger partial charge is 0.494 e. The molecule has 3 aromatic carbocycles. The van der Waals surface area contributed by atoms with Gasteiger partial charge in [-0.05, 0) is 43.0 Å². The smallest absolute Gasteiger partial charge is 0.124 e. The molecule has 0 aliphatic carbocycles. The molecule has 3 aromatic rings. The van der Waals surface area contributed by atoms with E-state index in [1.807, 2.05) is 18.2 Å². The summed E-state index contributed by atoms with van der Waals surface area (Å²) in [6.45, 7) is 4.45. The highest BCUT2D eigenvalue weighted by molar-refractivity contribution is 5.49. The molecule has 0 unspecified atom stereocenters. The first-order chi connectivity index (χ1) is 15.3. The van der Waals surface area contributed by atoms with Gasteiger partial charge in [-0.3, -0.25) is 0 Å². The molecule has 3 rings (SSSR count). The van der Waals surface area contributed by atoms with Crippen LogP contribution in [-0.4, -0.2) is 13.2 Å². The summed E-state index contributed by atoms with van der Waals surface area (Å²) in [6.07, 6.45) is 6.90. The van der Waals surface area contributed by atoms with Crippen LogP contribution in [0, 0.1) is 0 Å². The Morgan fingerprint density at radius 2 is 1.52 bits per heavy atom. The Morgan fingerprint density at radius 1 is 0.710 bits per heavy atom. The van der Waals surface area contributed by atoms with Gasteiger partial charge in [0, 0.05) is 23.9 Å². The van der Waals surface area contributed by atoms with Crippen LogP contribution in [0.25, 0.3) is 0 Å². The van der Waals surface area contributed by atoms with Gasteiger partial charge in [0.25, 0.3) is 0 Å². The maximum Gasteiger partial charge on any atom is 0.124 e. The van der Waals surface area contributed by atoms with E-state index in [0.717, 1.165) is 49.6 Å². The molecule has 0 fully saturated rings. The number of aryl methyl sites for hydroxylation is 1. The fourth-order valence-corrected chi connectivity index (χ4v) is 3.51. The van der Waals surface area contributed by atoms with Crippen LogP contribution in [0.5, 0.6) is 11.5 Å². The maximum absolute atomic E-state index is 6.03. The number of hydrogen-bond donors (Lipinski definition) is 1. The van der Waals surface area contributed by atoms with E-state index in [1.54, 1.807) is 0 Å². The molecule has 0 aliphatic heterocycles. The average molecular weight is 418 g/mol. The lowest BCUT2D eigenvalue weighted by Gasteiger charge is -2.14. The van der Waals surface area contributed by atoms with E-state index < -0.39 is 0 Å². The summed E-state index contributed by atoms with van der Waals surface area (Å²) < 4.78 is 12.0. The highest BCUT2D eigenvalue weighted by atomic mass is 16.5. The normalized spacial score (nSPS) is 10.6. The van der Waals surface area contributed by atoms with E-state index >= 15 is 0 Å². The SMILES string of the molecule is CCCCCCOc1ccccc1CNc1cccc(OCCCc2ccccc2)c1. The van der Waals surface area contributed by atoms with E-state index in [0.29, 0.717) is 6.61 Å². The summed E-state index contributed by atoms with van der Waals surface area (Å²) in [6, 6.07) is 27.0. The molecule has 0 heterocycles. The van der Waals surface area contributed by atoms with Crippen LogP contribution >= 0.6 is 0 Å². The fourth-order valence-electron chi connectivity index (χ4n) is 3.51. The standard InChI is InChI=1S/C28H35NO2/c1-2-3-4-10-20-31-28-19-9-8-16-25(28)23-29-26-17-11-18-27(22-26)30-21-12-15-24-13-6-5-7-14-24/h5-9,11,13-14,16-19,22,29H,2-4,10,12,15,20-21,23H2,1H3. The number of nitrogens with one attached hydrogen (secondary N) is 1. The van der Waals surface area contributed by atoms with E-state index in [-0.39, 0.29) is 0 Å². The minimum atomic E-state index is 0.715. The van der Waals surface area contributed by atoms with Gasteiger partial charge in [-0.25, -0.2) is 0 Å². The first-order valence-corrected chi connectivity index (χ1v) is 11.6. The van der Waals surface area contributed by atoms with Crippen molar-refractivity contribution in [3.63, 3.8) is 0 Å². The third kappa shape index (κ3) is 8.37. The van der Waals surface area contributed by atoms with Gasteiger partial charge in [-0.1, -0.05) is 80.8 Å². The molecule has 1 N–H and O–H groups in total. The number of para-hydroxylation sites is 1. The van der Waals surface area contributed by atoms with Gasteiger partial charge >= 0.3 is 0 Å². The summed E-state index contributed by atoms with van der Waals surface area (Å²) in [7, 11) is 0. The molecule has 31 heavy (non-hydrogen) atoms. The Morgan fingerprint density at radius 3 is 2.39 bits per heavy atom. The molecule has 0 atom stereocenters.